The standard InChI is InChI=1S/C18H18BNO3/c1-2-15-11-18(16-8-3-4-9-17(16)20-15)23-12-13-6-5-7-14(10-13)19(21)22/h3-11,21-22H,2,12H2,1H3. The highest BCUT2D eigenvalue weighted by atomic mass is 16.5. The van der Waals surface area contributed by atoms with E-state index in [1.807, 2.05) is 36.4 Å². The summed E-state index contributed by atoms with van der Waals surface area (Å²) in [5.41, 5.74) is 3.24. The Bertz CT molecular complexity index is 820. The average Bonchev–Trinajstić information content (AvgIpc) is 2.59. The normalized spacial score (nSPS) is 10.7. The summed E-state index contributed by atoms with van der Waals surface area (Å²) in [6.45, 7) is 2.42. The molecule has 0 fully saturated rings. The number of ether oxygens (including phenoxy) is 1. The predicted octanol–water partition coefficient (Wildman–Crippen LogP) is 2.06. The lowest BCUT2D eigenvalue weighted by atomic mass is 9.80. The monoisotopic (exact) mass is 307 g/mol. The molecule has 1 heterocycles. The lowest BCUT2D eigenvalue weighted by molar-refractivity contribution is 0.309. The van der Waals surface area contributed by atoms with Crippen molar-refractivity contribution in [2.45, 2.75) is 20.0 Å². The van der Waals surface area contributed by atoms with Gasteiger partial charge in [0.05, 0.1) is 5.52 Å². The summed E-state index contributed by atoms with van der Waals surface area (Å²) in [6, 6.07) is 16.9. The highest BCUT2D eigenvalue weighted by Gasteiger charge is 2.11. The number of fused-ring (bicyclic) bond motifs is 1. The molecule has 0 amide bonds. The Labute approximate surface area is 135 Å². The average molecular weight is 307 g/mol. The number of aromatic nitrogens is 1. The van der Waals surface area contributed by atoms with E-state index in [9.17, 15) is 10.0 Å². The molecular formula is C18H18BNO3. The summed E-state index contributed by atoms with van der Waals surface area (Å²) in [5.74, 6) is 0.794. The summed E-state index contributed by atoms with van der Waals surface area (Å²) in [6.07, 6.45) is 0.841. The van der Waals surface area contributed by atoms with Crippen molar-refractivity contribution in [2.24, 2.45) is 0 Å². The maximum Gasteiger partial charge on any atom is 0.488 e. The third kappa shape index (κ3) is 3.52. The van der Waals surface area contributed by atoms with Crippen molar-refractivity contribution in [1.29, 1.82) is 0 Å². The fourth-order valence-electron chi connectivity index (χ4n) is 2.50. The number of hydrogen-bond acceptors (Lipinski definition) is 4. The zero-order valence-electron chi connectivity index (χ0n) is 12.9. The van der Waals surface area contributed by atoms with E-state index < -0.39 is 7.12 Å². The second kappa shape index (κ2) is 6.81. The number of para-hydroxylation sites is 1. The third-order valence-corrected chi connectivity index (χ3v) is 3.74. The van der Waals surface area contributed by atoms with Gasteiger partial charge in [0.2, 0.25) is 0 Å². The van der Waals surface area contributed by atoms with Crippen LogP contribution in [0.3, 0.4) is 0 Å². The molecule has 0 spiro atoms. The van der Waals surface area contributed by atoms with E-state index >= 15 is 0 Å². The quantitative estimate of drug-likeness (QED) is 0.708. The Kier molecular flexibility index (Phi) is 4.60. The Hall–Kier alpha value is -2.37. The van der Waals surface area contributed by atoms with Gasteiger partial charge in [0.1, 0.15) is 12.4 Å². The molecule has 0 atom stereocenters. The first-order valence-electron chi connectivity index (χ1n) is 7.64. The maximum atomic E-state index is 9.25. The molecule has 2 aromatic carbocycles. The van der Waals surface area contributed by atoms with Crippen LogP contribution in [0.1, 0.15) is 18.2 Å². The molecule has 0 aliphatic carbocycles. The zero-order valence-corrected chi connectivity index (χ0v) is 12.9. The molecule has 0 radical (unpaired) electrons. The van der Waals surface area contributed by atoms with Gasteiger partial charge in [-0.1, -0.05) is 43.3 Å². The van der Waals surface area contributed by atoms with E-state index in [1.54, 1.807) is 18.2 Å². The Morgan fingerprint density at radius 3 is 2.65 bits per heavy atom. The minimum Gasteiger partial charge on any atom is -0.488 e. The van der Waals surface area contributed by atoms with Crippen LogP contribution in [0.4, 0.5) is 0 Å². The van der Waals surface area contributed by atoms with Gasteiger partial charge in [0.25, 0.3) is 0 Å². The lowest BCUT2D eigenvalue weighted by Crippen LogP contribution is -2.29. The van der Waals surface area contributed by atoms with Gasteiger partial charge >= 0.3 is 7.12 Å². The van der Waals surface area contributed by atoms with Crippen LogP contribution in [0.15, 0.2) is 54.6 Å². The number of nitrogens with zero attached hydrogens (tertiary/aromatic N) is 1. The van der Waals surface area contributed by atoms with Crippen LogP contribution < -0.4 is 10.2 Å². The molecule has 2 N–H and O–H groups in total. The highest BCUT2D eigenvalue weighted by Crippen LogP contribution is 2.26. The first kappa shape index (κ1) is 15.5. The summed E-state index contributed by atoms with van der Waals surface area (Å²) in [7, 11) is -1.47. The summed E-state index contributed by atoms with van der Waals surface area (Å²) < 4.78 is 5.98. The first-order valence-corrected chi connectivity index (χ1v) is 7.64. The second-order valence-electron chi connectivity index (χ2n) is 5.39. The van der Waals surface area contributed by atoms with E-state index in [1.165, 1.54) is 0 Å². The number of pyridine rings is 1. The molecule has 23 heavy (non-hydrogen) atoms. The van der Waals surface area contributed by atoms with Crippen molar-refractivity contribution in [3.05, 3.63) is 65.9 Å². The number of rotatable bonds is 5. The van der Waals surface area contributed by atoms with Crippen LogP contribution in [-0.4, -0.2) is 22.2 Å². The van der Waals surface area contributed by atoms with Crippen molar-refractivity contribution >= 4 is 23.5 Å². The first-order chi connectivity index (χ1) is 11.2. The fraction of sp³-hybridized carbons (Fsp3) is 0.167. The molecule has 0 bridgehead atoms. The Balaban J connectivity index is 1.88. The van der Waals surface area contributed by atoms with Crippen LogP contribution in [-0.2, 0) is 13.0 Å². The van der Waals surface area contributed by atoms with Gasteiger partial charge in [-0.15, -0.1) is 0 Å². The molecular weight excluding hydrogens is 289 g/mol. The van der Waals surface area contributed by atoms with Crippen molar-refractivity contribution in [1.82, 2.24) is 4.98 Å². The molecule has 0 aliphatic heterocycles. The molecule has 5 heteroatoms. The number of hydrogen-bond donors (Lipinski definition) is 2. The van der Waals surface area contributed by atoms with Gasteiger partial charge in [-0.2, -0.15) is 0 Å². The Morgan fingerprint density at radius 1 is 1.04 bits per heavy atom. The largest absolute Gasteiger partial charge is 0.488 e. The molecule has 0 aliphatic rings. The van der Waals surface area contributed by atoms with Crippen molar-refractivity contribution in [3.8, 4) is 5.75 Å². The lowest BCUT2D eigenvalue weighted by Gasteiger charge is -2.11. The summed E-state index contributed by atoms with van der Waals surface area (Å²) >= 11 is 0. The van der Waals surface area contributed by atoms with E-state index in [2.05, 4.69) is 11.9 Å². The van der Waals surface area contributed by atoms with E-state index in [-0.39, 0.29) is 0 Å². The van der Waals surface area contributed by atoms with E-state index in [0.717, 1.165) is 34.3 Å². The molecule has 0 unspecified atom stereocenters. The Morgan fingerprint density at radius 2 is 1.87 bits per heavy atom. The fourth-order valence-corrected chi connectivity index (χ4v) is 2.50. The topological polar surface area (TPSA) is 62.6 Å². The van der Waals surface area contributed by atoms with E-state index in [4.69, 9.17) is 4.74 Å². The van der Waals surface area contributed by atoms with Crippen LogP contribution in [0, 0.1) is 0 Å². The van der Waals surface area contributed by atoms with Crippen molar-refractivity contribution in [3.63, 3.8) is 0 Å². The van der Waals surface area contributed by atoms with Gasteiger partial charge in [-0.25, -0.2) is 0 Å². The molecule has 0 saturated heterocycles. The minimum absolute atomic E-state index is 0.359. The number of benzene rings is 2. The van der Waals surface area contributed by atoms with Gasteiger partial charge in [-0.3, -0.25) is 4.98 Å². The van der Waals surface area contributed by atoms with Gasteiger partial charge in [0, 0.05) is 17.1 Å². The molecule has 3 aromatic rings. The molecule has 0 saturated carbocycles. The minimum atomic E-state index is -1.47. The van der Waals surface area contributed by atoms with Crippen LogP contribution in [0.5, 0.6) is 5.75 Å². The second-order valence-corrected chi connectivity index (χ2v) is 5.39. The SMILES string of the molecule is CCc1cc(OCc2cccc(B(O)O)c2)c2ccccc2n1. The van der Waals surface area contributed by atoms with Crippen molar-refractivity contribution < 1.29 is 14.8 Å². The predicted molar refractivity (Wildman–Crippen MR) is 91.7 cm³/mol. The summed E-state index contributed by atoms with van der Waals surface area (Å²) in [4.78, 5) is 4.60. The molecule has 116 valence electrons. The molecule has 1 aromatic heterocycles. The zero-order chi connectivity index (χ0) is 16.2. The molecule has 3 rings (SSSR count). The van der Waals surface area contributed by atoms with Crippen molar-refractivity contribution in [2.75, 3.05) is 0 Å². The smallest absolute Gasteiger partial charge is 0.488 e. The van der Waals surface area contributed by atoms with Gasteiger partial charge in [0.15, 0.2) is 0 Å². The third-order valence-electron chi connectivity index (χ3n) is 3.74. The van der Waals surface area contributed by atoms with Gasteiger partial charge < -0.3 is 14.8 Å². The van der Waals surface area contributed by atoms with Crippen LogP contribution >= 0.6 is 0 Å². The van der Waals surface area contributed by atoms with Gasteiger partial charge in [-0.05, 0) is 29.6 Å². The van der Waals surface area contributed by atoms with Crippen LogP contribution in [0.2, 0.25) is 0 Å². The highest BCUT2D eigenvalue weighted by molar-refractivity contribution is 6.58. The number of aryl methyl sites for hydroxylation is 1. The van der Waals surface area contributed by atoms with E-state index in [0.29, 0.717) is 12.1 Å². The molecule has 4 nitrogen and oxygen atoms in total. The summed E-state index contributed by atoms with van der Waals surface area (Å²) in [5, 5.41) is 19.5. The maximum absolute atomic E-state index is 9.25. The van der Waals surface area contributed by atoms with Crippen LogP contribution in [0.25, 0.3) is 10.9 Å².